The number of hydrogen-bond acceptors (Lipinski definition) is 6. The van der Waals surface area contributed by atoms with E-state index in [0.29, 0.717) is 31.2 Å². The molecule has 0 aromatic heterocycles. The Hall–Kier alpha value is -2.77. The Bertz CT molecular complexity index is 915. The lowest BCUT2D eigenvalue weighted by molar-refractivity contribution is -0.145. The molecule has 1 N–H and O–H groups in total. The van der Waals surface area contributed by atoms with E-state index in [1.54, 1.807) is 7.11 Å². The average Bonchev–Trinajstić information content (AvgIpc) is 3.29. The first-order valence-electron chi connectivity index (χ1n) is 11.2. The van der Waals surface area contributed by atoms with Crippen molar-refractivity contribution in [2.75, 3.05) is 46.8 Å². The van der Waals surface area contributed by atoms with E-state index in [2.05, 4.69) is 11.8 Å². The van der Waals surface area contributed by atoms with Crippen molar-refractivity contribution in [3.05, 3.63) is 53.6 Å². The summed E-state index contributed by atoms with van der Waals surface area (Å²) in [5.41, 5.74) is 1.96. The van der Waals surface area contributed by atoms with Gasteiger partial charge in [0.05, 0.1) is 19.6 Å². The van der Waals surface area contributed by atoms with Crippen molar-refractivity contribution in [1.82, 2.24) is 4.90 Å². The average molecular weight is 442 g/mol. The number of carboxylic acids is 1. The molecule has 0 aliphatic carbocycles. The zero-order chi connectivity index (χ0) is 22.5. The molecule has 2 aromatic carbocycles. The predicted molar refractivity (Wildman–Crippen MR) is 120 cm³/mol. The number of methoxy groups -OCH3 is 1. The summed E-state index contributed by atoms with van der Waals surface area (Å²) < 4.78 is 22.0. The number of carbonyl (C=O) groups is 1. The highest BCUT2D eigenvalue weighted by molar-refractivity contribution is 5.73. The predicted octanol–water partition coefficient (Wildman–Crippen LogP) is 3.73. The monoisotopic (exact) mass is 441 g/mol. The normalized spacial score (nSPS) is 22.6. The SMILES string of the molecule is CCCOCCN1C[C@H](c2ccc(OC)cc2)[C@@H](C(=O)O)[C@@H](c2ccc3c(c2)OCO3)C1. The Labute approximate surface area is 188 Å². The molecule has 1 saturated heterocycles. The standard InChI is InChI=1S/C25H31NO6/c1-3-11-30-12-10-26-14-20(17-4-7-19(29-2)8-5-17)24(25(27)28)21(15-26)18-6-9-22-23(13-18)32-16-31-22/h4-9,13,20-21,24H,3,10-12,14-16H2,1-2H3,(H,27,28)/t20-,21-,24-/m1/s1. The van der Waals surface area contributed by atoms with Gasteiger partial charge in [0.1, 0.15) is 5.75 Å². The lowest BCUT2D eigenvalue weighted by Gasteiger charge is -2.42. The number of piperidine rings is 1. The molecule has 0 unspecified atom stereocenters. The number of aliphatic carboxylic acids is 1. The van der Waals surface area contributed by atoms with Crippen LogP contribution in [0.4, 0.5) is 0 Å². The largest absolute Gasteiger partial charge is 0.497 e. The molecule has 0 radical (unpaired) electrons. The second-order valence-corrected chi connectivity index (χ2v) is 8.33. The van der Waals surface area contributed by atoms with Crippen LogP contribution in [-0.2, 0) is 9.53 Å². The van der Waals surface area contributed by atoms with Gasteiger partial charge in [0, 0.05) is 38.1 Å². The number of benzene rings is 2. The fourth-order valence-corrected chi connectivity index (χ4v) is 4.73. The van der Waals surface area contributed by atoms with Crippen LogP contribution in [0.5, 0.6) is 17.2 Å². The number of nitrogens with zero attached hydrogens (tertiary/aromatic N) is 1. The van der Waals surface area contributed by atoms with Gasteiger partial charge in [-0.1, -0.05) is 25.1 Å². The van der Waals surface area contributed by atoms with E-state index in [9.17, 15) is 9.90 Å². The minimum atomic E-state index is -0.782. The van der Waals surface area contributed by atoms with Crippen molar-refractivity contribution in [3.8, 4) is 17.2 Å². The molecular weight excluding hydrogens is 410 g/mol. The van der Waals surface area contributed by atoms with E-state index in [-0.39, 0.29) is 18.6 Å². The maximum Gasteiger partial charge on any atom is 0.307 e. The van der Waals surface area contributed by atoms with Gasteiger partial charge < -0.3 is 24.1 Å². The molecule has 172 valence electrons. The minimum Gasteiger partial charge on any atom is -0.497 e. The van der Waals surface area contributed by atoms with Gasteiger partial charge >= 0.3 is 5.97 Å². The first-order chi connectivity index (χ1) is 15.6. The third-order valence-corrected chi connectivity index (χ3v) is 6.33. The molecular formula is C25H31NO6. The summed E-state index contributed by atoms with van der Waals surface area (Å²) in [6.07, 6.45) is 0.982. The van der Waals surface area contributed by atoms with Crippen LogP contribution in [0, 0.1) is 5.92 Å². The molecule has 7 nitrogen and oxygen atoms in total. The maximum absolute atomic E-state index is 12.6. The van der Waals surface area contributed by atoms with Crippen LogP contribution in [0.25, 0.3) is 0 Å². The molecule has 2 aromatic rings. The Morgan fingerprint density at radius 3 is 2.41 bits per heavy atom. The van der Waals surface area contributed by atoms with Crippen LogP contribution in [0.15, 0.2) is 42.5 Å². The molecule has 7 heteroatoms. The molecule has 0 spiro atoms. The zero-order valence-corrected chi connectivity index (χ0v) is 18.7. The summed E-state index contributed by atoms with van der Waals surface area (Å²) in [7, 11) is 1.63. The second-order valence-electron chi connectivity index (χ2n) is 8.33. The Morgan fingerprint density at radius 1 is 1.03 bits per heavy atom. The van der Waals surface area contributed by atoms with E-state index < -0.39 is 11.9 Å². The van der Waals surface area contributed by atoms with Crippen molar-refractivity contribution in [3.63, 3.8) is 0 Å². The van der Waals surface area contributed by atoms with Gasteiger partial charge in [-0.15, -0.1) is 0 Å². The van der Waals surface area contributed by atoms with Crippen molar-refractivity contribution in [2.45, 2.75) is 25.2 Å². The van der Waals surface area contributed by atoms with Crippen LogP contribution in [0.1, 0.15) is 36.3 Å². The molecule has 4 rings (SSSR count). The molecule has 3 atom stereocenters. The second kappa shape index (κ2) is 10.2. The number of ether oxygens (including phenoxy) is 4. The van der Waals surface area contributed by atoms with E-state index in [0.717, 1.165) is 36.4 Å². The third kappa shape index (κ3) is 4.84. The lowest BCUT2D eigenvalue weighted by atomic mass is 9.71. The fraction of sp³-hybridized carbons (Fsp3) is 0.480. The smallest absolute Gasteiger partial charge is 0.307 e. The highest BCUT2D eigenvalue weighted by Gasteiger charge is 2.43. The zero-order valence-electron chi connectivity index (χ0n) is 18.7. The first-order valence-corrected chi connectivity index (χ1v) is 11.2. The molecule has 2 heterocycles. The van der Waals surface area contributed by atoms with Crippen molar-refractivity contribution < 1.29 is 28.8 Å². The number of fused-ring (bicyclic) bond motifs is 1. The highest BCUT2D eigenvalue weighted by Crippen LogP contribution is 2.44. The molecule has 0 bridgehead atoms. The number of likely N-dealkylation sites (tertiary alicyclic amines) is 1. The van der Waals surface area contributed by atoms with Crippen LogP contribution in [0.2, 0.25) is 0 Å². The molecule has 1 fully saturated rings. The Balaban J connectivity index is 1.65. The summed E-state index contributed by atoms with van der Waals surface area (Å²) in [5, 5.41) is 10.3. The van der Waals surface area contributed by atoms with E-state index in [1.807, 2.05) is 42.5 Å². The summed E-state index contributed by atoms with van der Waals surface area (Å²) in [6, 6.07) is 13.5. The van der Waals surface area contributed by atoms with Gasteiger partial charge in [-0.05, 0) is 41.8 Å². The Morgan fingerprint density at radius 2 is 1.72 bits per heavy atom. The summed E-state index contributed by atoms with van der Waals surface area (Å²) in [4.78, 5) is 14.9. The third-order valence-electron chi connectivity index (χ3n) is 6.33. The van der Waals surface area contributed by atoms with E-state index >= 15 is 0 Å². The van der Waals surface area contributed by atoms with Crippen LogP contribution >= 0.6 is 0 Å². The molecule has 32 heavy (non-hydrogen) atoms. The number of rotatable bonds is 9. The molecule has 0 saturated carbocycles. The van der Waals surface area contributed by atoms with Gasteiger partial charge in [0.25, 0.3) is 0 Å². The van der Waals surface area contributed by atoms with Gasteiger partial charge in [-0.25, -0.2) is 0 Å². The quantitative estimate of drug-likeness (QED) is 0.594. The summed E-state index contributed by atoms with van der Waals surface area (Å²) >= 11 is 0. The molecule has 0 amide bonds. The van der Waals surface area contributed by atoms with Crippen molar-refractivity contribution in [1.29, 1.82) is 0 Å². The lowest BCUT2D eigenvalue weighted by Crippen LogP contribution is -2.47. The van der Waals surface area contributed by atoms with Crippen LogP contribution in [-0.4, -0.2) is 62.7 Å². The van der Waals surface area contributed by atoms with Gasteiger partial charge in [0.2, 0.25) is 6.79 Å². The topological polar surface area (TPSA) is 77.5 Å². The van der Waals surface area contributed by atoms with E-state index in [1.165, 1.54) is 0 Å². The Kier molecular flexibility index (Phi) is 7.17. The maximum atomic E-state index is 12.6. The minimum absolute atomic E-state index is 0.159. The van der Waals surface area contributed by atoms with Crippen LogP contribution in [0.3, 0.4) is 0 Å². The van der Waals surface area contributed by atoms with Gasteiger partial charge in [-0.3, -0.25) is 9.69 Å². The fourth-order valence-electron chi connectivity index (χ4n) is 4.73. The first kappa shape index (κ1) is 22.4. The molecule has 2 aliphatic rings. The summed E-state index contributed by atoms with van der Waals surface area (Å²) in [5.74, 6) is 0.451. The number of hydrogen-bond donors (Lipinski definition) is 1. The van der Waals surface area contributed by atoms with Crippen LogP contribution < -0.4 is 14.2 Å². The summed E-state index contributed by atoms with van der Waals surface area (Å²) in [6.45, 7) is 5.74. The highest BCUT2D eigenvalue weighted by atomic mass is 16.7. The van der Waals surface area contributed by atoms with Gasteiger partial charge in [0.15, 0.2) is 11.5 Å². The number of carboxylic acid groups (broad SMARTS) is 1. The van der Waals surface area contributed by atoms with Crippen molar-refractivity contribution in [2.24, 2.45) is 5.92 Å². The molecule has 2 aliphatic heterocycles. The van der Waals surface area contributed by atoms with Gasteiger partial charge in [-0.2, -0.15) is 0 Å². The van der Waals surface area contributed by atoms with Crippen molar-refractivity contribution >= 4 is 5.97 Å². The van der Waals surface area contributed by atoms with E-state index in [4.69, 9.17) is 18.9 Å².